The maximum atomic E-state index is 12.6. The molecule has 1 aliphatic heterocycles. The molecular formula is C25H33N7O4. The van der Waals surface area contributed by atoms with Crippen molar-refractivity contribution in [2.24, 2.45) is 4.99 Å². The number of aliphatic imine (C=N–C) groups is 1. The molecule has 4 rings (SSSR count). The Kier molecular flexibility index (Phi) is 7.89. The summed E-state index contributed by atoms with van der Waals surface area (Å²) < 4.78 is 11.2. The highest BCUT2D eigenvalue weighted by Gasteiger charge is 2.18. The lowest BCUT2D eigenvalue weighted by atomic mass is 10.1. The zero-order chi connectivity index (χ0) is 25.7. The lowest BCUT2D eigenvalue weighted by Crippen LogP contribution is -2.29. The molecule has 0 saturated heterocycles. The molecule has 0 unspecified atom stereocenters. The van der Waals surface area contributed by atoms with Crippen LogP contribution >= 0.6 is 0 Å². The molecule has 11 nitrogen and oxygen atoms in total. The van der Waals surface area contributed by atoms with Gasteiger partial charge < -0.3 is 34.7 Å². The number of methoxy groups -OCH3 is 2. The van der Waals surface area contributed by atoms with Crippen LogP contribution in [0.1, 0.15) is 30.4 Å². The van der Waals surface area contributed by atoms with Crippen molar-refractivity contribution in [1.82, 2.24) is 24.8 Å². The lowest BCUT2D eigenvalue weighted by Gasteiger charge is -2.21. The topological polar surface area (TPSA) is 128 Å². The van der Waals surface area contributed by atoms with Crippen LogP contribution in [-0.2, 0) is 11.3 Å². The Labute approximate surface area is 210 Å². The number of aromatic hydroxyl groups is 1. The number of hydrogen-bond donors (Lipinski definition) is 3. The summed E-state index contributed by atoms with van der Waals surface area (Å²) in [7, 11) is 7.04. The maximum Gasteiger partial charge on any atom is 0.222 e. The Morgan fingerprint density at radius 3 is 2.69 bits per heavy atom. The molecule has 2 aromatic heterocycles. The largest absolute Gasteiger partial charge is 0.494 e. The van der Waals surface area contributed by atoms with E-state index in [1.807, 2.05) is 20.2 Å². The molecule has 1 aromatic carbocycles. The summed E-state index contributed by atoms with van der Waals surface area (Å²) in [6.07, 6.45) is 5.01. The number of amides is 1. The molecule has 11 heteroatoms. The zero-order valence-corrected chi connectivity index (χ0v) is 21.2. The number of fused-ring (bicyclic) bond motifs is 2. The zero-order valence-electron chi connectivity index (χ0n) is 21.2. The van der Waals surface area contributed by atoms with Gasteiger partial charge in [-0.3, -0.25) is 9.79 Å². The summed E-state index contributed by atoms with van der Waals surface area (Å²) >= 11 is 0. The first kappa shape index (κ1) is 25.2. The molecule has 0 aliphatic carbocycles. The summed E-state index contributed by atoms with van der Waals surface area (Å²) in [5.41, 5.74) is 2.53. The highest BCUT2D eigenvalue weighted by Crippen LogP contribution is 2.37. The van der Waals surface area contributed by atoms with E-state index in [9.17, 15) is 9.90 Å². The van der Waals surface area contributed by atoms with Crippen molar-refractivity contribution in [3.05, 3.63) is 29.6 Å². The molecule has 3 N–H and O–H groups in total. The van der Waals surface area contributed by atoms with Crippen LogP contribution in [0.5, 0.6) is 17.4 Å². The number of nitrogens with one attached hydrogen (secondary N) is 2. The van der Waals surface area contributed by atoms with E-state index in [1.54, 1.807) is 31.4 Å². The van der Waals surface area contributed by atoms with Gasteiger partial charge in [-0.25, -0.2) is 9.97 Å². The van der Waals surface area contributed by atoms with Gasteiger partial charge in [0.2, 0.25) is 5.91 Å². The Morgan fingerprint density at radius 2 is 1.92 bits per heavy atom. The summed E-state index contributed by atoms with van der Waals surface area (Å²) in [5, 5.41) is 14.6. The van der Waals surface area contributed by atoms with Crippen LogP contribution in [0.25, 0.3) is 11.0 Å². The third-order valence-corrected chi connectivity index (χ3v) is 6.25. The van der Waals surface area contributed by atoms with E-state index in [0.717, 1.165) is 24.9 Å². The maximum absolute atomic E-state index is 12.6. The first-order valence-electron chi connectivity index (χ1n) is 11.9. The molecular weight excluding hydrogens is 462 g/mol. The Bertz CT molecular complexity index is 1260. The van der Waals surface area contributed by atoms with Crippen LogP contribution in [0.15, 0.2) is 23.5 Å². The van der Waals surface area contributed by atoms with Gasteiger partial charge in [0, 0.05) is 50.9 Å². The predicted octanol–water partition coefficient (Wildman–Crippen LogP) is 2.92. The summed E-state index contributed by atoms with van der Waals surface area (Å²) in [4.78, 5) is 32.7. The molecule has 3 heterocycles. The minimum atomic E-state index is -0.0473. The van der Waals surface area contributed by atoms with Crippen molar-refractivity contribution >= 4 is 34.7 Å². The molecule has 192 valence electrons. The molecule has 3 aromatic rings. The summed E-state index contributed by atoms with van der Waals surface area (Å²) in [6, 6.07) is 3.72. The fourth-order valence-corrected chi connectivity index (χ4v) is 4.36. The number of H-pyrrole nitrogens is 1. The van der Waals surface area contributed by atoms with E-state index in [2.05, 4.69) is 30.2 Å². The first-order valence-corrected chi connectivity index (χ1v) is 11.9. The molecule has 0 saturated carbocycles. The van der Waals surface area contributed by atoms with Gasteiger partial charge in [-0.2, -0.15) is 0 Å². The molecule has 1 amide bonds. The van der Waals surface area contributed by atoms with Crippen LogP contribution in [0.4, 0.5) is 11.5 Å². The van der Waals surface area contributed by atoms with Gasteiger partial charge in [-0.1, -0.05) is 0 Å². The van der Waals surface area contributed by atoms with Gasteiger partial charge in [-0.05, 0) is 32.5 Å². The SMILES string of the molecule is COc1cc2cc(c1OC)CN(C)CCCC(=O)N(C)CCCNc1ncnc3[nH]c(O)c(c13)C=N2. The number of carbonyl (C=O) groups is 1. The number of hydrogen-bond acceptors (Lipinski definition) is 9. The Hall–Kier alpha value is -3.86. The number of anilines is 1. The fourth-order valence-electron chi connectivity index (χ4n) is 4.36. The van der Waals surface area contributed by atoms with Gasteiger partial charge in [-0.15, -0.1) is 0 Å². The molecule has 0 spiro atoms. The number of ether oxygens (including phenoxy) is 2. The predicted molar refractivity (Wildman–Crippen MR) is 139 cm³/mol. The van der Waals surface area contributed by atoms with Gasteiger partial charge in [0.15, 0.2) is 17.4 Å². The average Bonchev–Trinajstić information content (AvgIpc) is 3.19. The number of carbonyl (C=O) groups excluding carboxylic acids is 1. The van der Waals surface area contributed by atoms with Crippen molar-refractivity contribution in [2.45, 2.75) is 25.8 Å². The van der Waals surface area contributed by atoms with Gasteiger partial charge >= 0.3 is 0 Å². The van der Waals surface area contributed by atoms with Crippen molar-refractivity contribution < 1.29 is 19.4 Å². The number of aromatic nitrogens is 3. The number of nitrogens with zero attached hydrogens (tertiary/aromatic N) is 5. The minimum Gasteiger partial charge on any atom is -0.494 e. The Morgan fingerprint density at radius 1 is 1.08 bits per heavy atom. The lowest BCUT2D eigenvalue weighted by molar-refractivity contribution is -0.130. The van der Waals surface area contributed by atoms with E-state index in [1.165, 1.54) is 6.33 Å². The number of aromatic amines is 1. The van der Waals surface area contributed by atoms with Crippen LogP contribution < -0.4 is 14.8 Å². The van der Waals surface area contributed by atoms with E-state index >= 15 is 0 Å². The highest BCUT2D eigenvalue weighted by molar-refractivity contribution is 6.06. The van der Waals surface area contributed by atoms with Gasteiger partial charge in [0.05, 0.1) is 30.9 Å². The van der Waals surface area contributed by atoms with E-state index < -0.39 is 0 Å². The molecule has 0 radical (unpaired) electrons. The highest BCUT2D eigenvalue weighted by atomic mass is 16.5. The standard InChI is InChI=1S/C25H33N7O4/c1-31-9-5-7-20(33)32(2)10-6-8-26-23-21-18(25(34)30-24(21)29-15-28-23)13-27-17-11-16(14-31)22(36-4)19(12-17)35-3/h11-13,15,34H,5-10,14H2,1-4H3,(H2,26,28,29,30). The van der Waals surface area contributed by atoms with Gasteiger partial charge in [0.25, 0.3) is 0 Å². The number of rotatable bonds is 2. The van der Waals surface area contributed by atoms with Crippen molar-refractivity contribution in [1.29, 1.82) is 0 Å². The normalized spacial score (nSPS) is 16.2. The van der Waals surface area contributed by atoms with Crippen molar-refractivity contribution in [3.8, 4) is 17.4 Å². The first-order chi connectivity index (χ1) is 17.4. The summed E-state index contributed by atoms with van der Waals surface area (Å²) in [5.74, 6) is 1.86. The molecule has 36 heavy (non-hydrogen) atoms. The van der Waals surface area contributed by atoms with Crippen molar-refractivity contribution in [2.75, 3.05) is 53.3 Å². The molecule has 0 atom stereocenters. The molecule has 1 aliphatic rings. The van der Waals surface area contributed by atoms with E-state index in [-0.39, 0.29) is 11.8 Å². The second-order valence-electron chi connectivity index (χ2n) is 8.87. The summed E-state index contributed by atoms with van der Waals surface area (Å²) in [6.45, 7) is 2.58. The molecule has 2 bridgehead atoms. The third kappa shape index (κ3) is 5.51. The van der Waals surface area contributed by atoms with Crippen LogP contribution in [0, 0.1) is 0 Å². The van der Waals surface area contributed by atoms with Crippen LogP contribution in [0.2, 0.25) is 0 Å². The molecule has 0 fully saturated rings. The van der Waals surface area contributed by atoms with Crippen molar-refractivity contribution in [3.63, 3.8) is 0 Å². The second kappa shape index (κ2) is 11.3. The van der Waals surface area contributed by atoms with Crippen LogP contribution in [0.3, 0.4) is 0 Å². The van der Waals surface area contributed by atoms with E-state index in [0.29, 0.717) is 65.7 Å². The quantitative estimate of drug-likeness (QED) is 0.495. The monoisotopic (exact) mass is 495 g/mol. The smallest absolute Gasteiger partial charge is 0.222 e. The fraction of sp³-hybridized carbons (Fsp3) is 0.440. The third-order valence-electron chi connectivity index (χ3n) is 6.25. The van der Waals surface area contributed by atoms with E-state index in [4.69, 9.17) is 9.47 Å². The average molecular weight is 496 g/mol. The second-order valence-corrected chi connectivity index (χ2v) is 8.87. The minimum absolute atomic E-state index is 0.0473. The Balaban J connectivity index is 1.77. The number of benzene rings is 1. The van der Waals surface area contributed by atoms with Gasteiger partial charge in [0.1, 0.15) is 17.8 Å². The van der Waals surface area contributed by atoms with Crippen LogP contribution in [-0.4, -0.2) is 89.9 Å².